The molecule has 0 nitrogen and oxygen atoms in total. The van der Waals surface area contributed by atoms with Crippen LogP contribution in [0.1, 0.15) is 65.4 Å². The number of benzene rings is 1. The van der Waals surface area contributed by atoms with E-state index in [4.69, 9.17) is 0 Å². The number of aryl methyl sites for hydroxylation is 1. The molecule has 0 heterocycles. The van der Waals surface area contributed by atoms with Crippen LogP contribution in [0, 0.1) is 18.8 Å². The van der Waals surface area contributed by atoms with Crippen molar-refractivity contribution >= 4 is 27.2 Å². The van der Waals surface area contributed by atoms with Crippen molar-refractivity contribution in [3.63, 3.8) is 0 Å². The van der Waals surface area contributed by atoms with Gasteiger partial charge in [0, 0.05) is 0 Å². The third kappa shape index (κ3) is 4.48. The van der Waals surface area contributed by atoms with Crippen LogP contribution in [0.5, 0.6) is 0 Å². The summed E-state index contributed by atoms with van der Waals surface area (Å²) in [6, 6.07) is 9.13. The third-order valence-electron chi connectivity index (χ3n) is 7.48. The molecule has 1 aromatic carbocycles. The second-order valence-electron chi connectivity index (χ2n) is 10.6. The van der Waals surface area contributed by atoms with E-state index in [1.54, 1.807) is 27.1 Å². The molecule has 2 heteroatoms. The molecular weight excluding hydrogens is 368 g/mol. The molecule has 0 aliphatic heterocycles. The van der Waals surface area contributed by atoms with Gasteiger partial charge in [0.25, 0.3) is 0 Å². The molecule has 1 aromatic rings. The van der Waals surface area contributed by atoms with Crippen molar-refractivity contribution in [2.24, 2.45) is 11.8 Å². The zero-order valence-corrected chi connectivity index (χ0v) is 21.6. The van der Waals surface area contributed by atoms with E-state index in [1.807, 2.05) is 5.20 Å². The number of hydrogen-bond acceptors (Lipinski definition) is 0. The van der Waals surface area contributed by atoms with Crippen LogP contribution in [0.25, 0.3) is 0 Å². The van der Waals surface area contributed by atoms with Crippen LogP contribution in [0.15, 0.2) is 40.1 Å². The van der Waals surface area contributed by atoms with Gasteiger partial charge in [0.2, 0.25) is 0 Å². The maximum Gasteiger partial charge on any atom is 0.117 e. The van der Waals surface area contributed by atoms with Crippen molar-refractivity contribution in [1.29, 1.82) is 0 Å². The summed E-state index contributed by atoms with van der Waals surface area (Å²) in [7, 11) is -2.01. The molecule has 0 bridgehead atoms. The van der Waals surface area contributed by atoms with Gasteiger partial charge in [0.05, 0.1) is 8.07 Å². The number of rotatable bonds is 5. The van der Waals surface area contributed by atoms with Gasteiger partial charge >= 0.3 is 0 Å². The lowest BCUT2D eigenvalue weighted by molar-refractivity contribution is 0.383. The van der Waals surface area contributed by atoms with E-state index in [2.05, 4.69) is 72.5 Å². The Balaban J connectivity index is 2.06. The quantitative estimate of drug-likeness (QED) is 0.477. The largest absolute Gasteiger partial charge is 0.117 e. The van der Waals surface area contributed by atoms with E-state index >= 15 is 0 Å². The monoisotopic (exact) mass is 409 g/mol. The van der Waals surface area contributed by atoms with Crippen LogP contribution in [-0.4, -0.2) is 16.9 Å². The van der Waals surface area contributed by atoms with Gasteiger partial charge in [-0.05, 0) is 51.1 Å². The SMILES string of the molecule is CC1=C(C)C(C)C([Si](CC2CCCCC2)c2cc(C)cc([Si](C)(C)C)c2)=C1C. The number of allylic oxidation sites excluding steroid dienone is 4. The van der Waals surface area contributed by atoms with Gasteiger partial charge in [-0.25, -0.2) is 0 Å². The summed E-state index contributed by atoms with van der Waals surface area (Å²) in [4.78, 5) is 0. The highest BCUT2D eigenvalue weighted by Gasteiger charge is 2.34. The van der Waals surface area contributed by atoms with Crippen molar-refractivity contribution in [3.8, 4) is 0 Å². The van der Waals surface area contributed by atoms with Gasteiger partial charge in [0.1, 0.15) is 8.80 Å². The zero-order valence-electron chi connectivity index (χ0n) is 19.6. The van der Waals surface area contributed by atoms with Gasteiger partial charge < -0.3 is 0 Å². The normalized spacial score (nSPS) is 22.0. The Kier molecular flexibility index (Phi) is 6.61. The molecule has 1 fully saturated rings. The molecular formula is C26H41Si2. The van der Waals surface area contributed by atoms with E-state index in [-0.39, 0.29) is 0 Å². The summed E-state index contributed by atoms with van der Waals surface area (Å²) in [5, 5.41) is 5.19. The second-order valence-corrected chi connectivity index (χ2v) is 18.2. The van der Waals surface area contributed by atoms with Crippen LogP contribution < -0.4 is 10.4 Å². The topological polar surface area (TPSA) is 0 Å². The zero-order chi connectivity index (χ0) is 20.6. The number of hydrogen-bond donors (Lipinski definition) is 0. The molecule has 2 aliphatic rings. The Hall–Kier alpha value is -0.866. The summed E-state index contributed by atoms with van der Waals surface area (Å²) < 4.78 is 0. The fourth-order valence-corrected chi connectivity index (χ4v) is 10.6. The lowest BCUT2D eigenvalue weighted by Gasteiger charge is -2.30. The third-order valence-corrected chi connectivity index (χ3v) is 12.9. The van der Waals surface area contributed by atoms with Gasteiger partial charge in [-0.1, -0.05) is 109 Å². The van der Waals surface area contributed by atoms with E-state index < -0.39 is 16.9 Å². The molecule has 3 rings (SSSR count). The van der Waals surface area contributed by atoms with Crippen molar-refractivity contribution in [3.05, 3.63) is 45.7 Å². The standard InChI is InChI=1S/C26H41Si2/c1-18-14-24(16-25(15-18)28(6,7)8)27(17-23-12-10-9-11-13-23)26-21(4)19(2)20(3)22(26)5/h14-16,21,23H,9-13,17H2,1-8H3. The fourth-order valence-electron chi connectivity index (χ4n) is 5.31. The van der Waals surface area contributed by atoms with Crippen molar-refractivity contribution in [2.75, 3.05) is 0 Å². The molecule has 0 amide bonds. The maximum absolute atomic E-state index is 2.65. The minimum Gasteiger partial charge on any atom is -0.0672 e. The van der Waals surface area contributed by atoms with E-state index in [1.165, 1.54) is 43.7 Å². The van der Waals surface area contributed by atoms with Gasteiger partial charge in [-0.2, -0.15) is 0 Å². The lowest BCUT2D eigenvalue weighted by Crippen LogP contribution is -2.44. The molecule has 0 N–H and O–H groups in total. The average molecular weight is 410 g/mol. The van der Waals surface area contributed by atoms with Gasteiger partial charge in [-0.3, -0.25) is 0 Å². The van der Waals surface area contributed by atoms with E-state index in [9.17, 15) is 0 Å². The maximum atomic E-state index is 2.65. The molecule has 0 aromatic heterocycles. The van der Waals surface area contributed by atoms with Crippen molar-refractivity contribution < 1.29 is 0 Å². The first-order chi connectivity index (χ1) is 13.1. The predicted octanol–water partition coefficient (Wildman–Crippen LogP) is 6.66. The average Bonchev–Trinajstić information content (AvgIpc) is 2.83. The van der Waals surface area contributed by atoms with Gasteiger partial charge in [-0.15, -0.1) is 0 Å². The van der Waals surface area contributed by atoms with Crippen LogP contribution >= 0.6 is 0 Å². The molecule has 1 atom stereocenters. The fraction of sp³-hybridized carbons (Fsp3) is 0.615. The molecule has 1 saturated carbocycles. The van der Waals surface area contributed by atoms with E-state index in [0.29, 0.717) is 5.92 Å². The van der Waals surface area contributed by atoms with Crippen molar-refractivity contribution in [2.45, 2.75) is 92.4 Å². The minimum atomic E-state index is -1.30. The van der Waals surface area contributed by atoms with Crippen LogP contribution in [0.4, 0.5) is 0 Å². The summed E-state index contributed by atoms with van der Waals surface area (Å²) in [5.41, 5.74) is 6.31. The van der Waals surface area contributed by atoms with Crippen LogP contribution in [0.3, 0.4) is 0 Å². The Morgan fingerprint density at radius 2 is 1.54 bits per heavy atom. The summed E-state index contributed by atoms with van der Waals surface area (Å²) >= 11 is 0. The van der Waals surface area contributed by atoms with Crippen LogP contribution in [0.2, 0.25) is 25.7 Å². The lowest BCUT2D eigenvalue weighted by atomic mass is 9.91. The molecule has 0 saturated heterocycles. The Morgan fingerprint density at radius 3 is 2.07 bits per heavy atom. The highest BCUT2D eigenvalue weighted by atomic mass is 28.3. The Labute approximate surface area is 177 Å². The van der Waals surface area contributed by atoms with E-state index in [0.717, 1.165) is 5.92 Å². The first-order valence-corrected chi connectivity index (χ1v) is 16.7. The molecule has 153 valence electrons. The highest BCUT2D eigenvalue weighted by molar-refractivity contribution is 6.89. The van der Waals surface area contributed by atoms with Crippen molar-refractivity contribution in [1.82, 2.24) is 0 Å². The summed E-state index contributed by atoms with van der Waals surface area (Å²) in [5.74, 6) is 1.60. The minimum absolute atomic E-state index is 0.647. The molecule has 1 unspecified atom stereocenters. The van der Waals surface area contributed by atoms with Gasteiger partial charge in [0.15, 0.2) is 0 Å². The summed E-state index contributed by atoms with van der Waals surface area (Å²) in [6.45, 7) is 19.4. The first kappa shape index (κ1) is 21.8. The predicted molar refractivity (Wildman–Crippen MR) is 131 cm³/mol. The highest BCUT2D eigenvalue weighted by Crippen LogP contribution is 2.40. The molecule has 1 radical (unpaired) electrons. The summed E-state index contributed by atoms with van der Waals surface area (Å²) in [6.07, 6.45) is 7.30. The molecule has 0 spiro atoms. The Bertz CT molecular complexity index is 785. The molecule has 2 aliphatic carbocycles. The smallest absolute Gasteiger partial charge is 0.0672 e. The Morgan fingerprint density at radius 1 is 0.893 bits per heavy atom. The first-order valence-electron chi connectivity index (χ1n) is 11.5. The molecule has 28 heavy (non-hydrogen) atoms. The van der Waals surface area contributed by atoms with Crippen LogP contribution in [-0.2, 0) is 0 Å². The second kappa shape index (κ2) is 8.48.